The molecule has 2 aromatic carbocycles. The predicted octanol–water partition coefficient (Wildman–Crippen LogP) is 2.32. The molecular formula is C23H27N3O5. The second-order valence-corrected chi connectivity index (χ2v) is 6.94. The van der Waals surface area contributed by atoms with Crippen LogP contribution in [-0.2, 0) is 16.0 Å². The minimum absolute atomic E-state index is 0.314. The van der Waals surface area contributed by atoms with Gasteiger partial charge in [-0.25, -0.2) is 9.59 Å². The summed E-state index contributed by atoms with van der Waals surface area (Å²) in [5.74, 6) is 0.532. The van der Waals surface area contributed by atoms with Gasteiger partial charge in [0.1, 0.15) is 0 Å². The Hall–Kier alpha value is -3.52. The Morgan fingerprint density at radius 2 is 1.77 bits per heavy atom. The van der Waals surface area contributed by atoms with E-state index >= 15 is 0 Å². The van der Waals surface area contributed by atoms with Gasteiger partial charge in [-0.15, -0.1) is 0 Å². The minimum Gasteiger partial charge on any atom is -0.493 e. The molecule has 0 saturated heterocycles. The number of carbonyl (C=O) groups is 2. The Kier molecular flexibility index (Phi) is 7.50. The molecule has 8 heteroatoms. The summed E-state index contributed by atoms with van der Waals surface area (Å²) in [6.45, 7) is 1.00. The summed E-state index contributed by atoms with van der Waals surface area (Å²) in [6, 6.07) is 14.2. The highest BCUT2D eigenvalue weighted by Crippen LogP contribution is 2.34. The normalized spacial score (nSPS) is 15.7. The van der Waals surface area contributed by atoms with Crippen molar-refractivity contribution in [1.82, 2.24) is 16.0 Å². The number of esters is 1. The standard InChI is InChI=1S/C23H27N3O5/c1-29-18-10-9-16(13-19(18)30-2)21-20(22(27)31-3)17(25-23(28)26-21)14-24-12-11-15-7-5-4-6-8-15/h4-10,13,21,24H,11-12,14H2,1-3H3,(H2,25,26,28). The highest BCUT2D eigenvalue weighted by Gasteiger charge is 2.33. The third kappa shape index (κ3) is 5.35. The van der Waals surface area contributed by atoms with Crippen LogP contribution >= 0.6 is 0 Å². The van der Waals surface area contributed by atoms with Gasteiger partial charge in [0, 0.05) is 12.2 Å². The Morgan fingerprint density at radius 1 is 1.03 bits per heavy atom. The molecule has 1 unspecified atom stereocenters. The molecule has 0 fully saturated rings. The number of rotatable bonds is 9. The second kappa shape index (κ2) is 10.5. The zero-order valence-electron chi connectivity index (χ0n) is 17.9. The molecule has 0 bridgehead atoms. The maximum Gasteiger partial charge on any atom is 0.338 e. The first-order valence-electron chi connectivity index (χ1n) is 9.92. The second-order valence-electron chi connectivity index (χ2n) is 6.94. The molecule has 0 aromatic heterocycles. The van der Waals surface area contributed by atoms with Crippen LogP contribution in [0, 0.1) is 0 Å². The van der Waals surface area contributed by atoms with Crippen LogP contribution in [0.2, 0.25) is 0 Å². The van der Waals surface area contributed by atoms with Crippen molar-refractivity contribution in [3.63, 3.8) is 0 Å². The number of amides is 2. The summed E-state index contributed by atoms with van der Waals surface area (Å²) in [5.41, 5.74) is 2.69. The first-order chi connectivity index (χ1) is 15.1. The number of urea groups is 1. The van der Waals surface area contributed by atoms with Crippen molar-refractivity contribution in [2.45, 2.75) is 12.5 Å². The Labute approximate surface area is 181 Å². The van der Waals surface area contributed by atoms with Gasteiger partial charge in [-0.05, 0) is 36.2 Å². The Balaban J connectivity index is 1.84. The van der Waals surface area contributed by atoms with E-state index in [1.165, 1.54) is 19.8 Å². The molecule has 1 aliphatic heterocycles. The van der Waals surface area contributed by atoms with Gasteiger partial charge in [-0.3, -0.25) is 0 Å². The maximum atomic E-state index is 12.6. The summed E-state index contributed by atoms with van der Waals surface area (Å²) in [4.78, 5) is 25.0. The minimum atomic E-state index is -0.688. The van der Waals surface area contributed by atoms with Crippen LogP contribution in [0.15, 0.2) is 59.8 Å². The van der Waals surface area contributed by atoms with Gasteiger partial charge in [-0.2, -0.15) is 0 Å². The molecule has 31 heavy (non-hydrogen) atoms. The number of benzene rings is 2. The highest BCUT2D eigenvalue weighted by molar-refractivity contribution is 5.95. The third-order valence-corrected chi connectivity index (χ3v) is 5.03. The fourth-order valence-corrected chi connectivity index (χ4v) is 3.48. The SMILES string of the molecule is COC(=O)C1=C(CNCCc2ccccc2)NC(=O)NC1c1ccc(OC)c(OC)c1. The number of methoxy groups -OCH3 is 3. The molecule has 2 aromatic rings. The van der Waals surface area contributed by atoms with Gasteiger partial charge in [-0.1, -0.05) is 36.4 Å². The Morgan fingerprint density at radius 3 is 2.45 bits per heavy atom. The molecule has 2 amide bonds. The van der Waals surface area contributed by atoms with E-state index in [1.54, 1.807) is 25.3 Å². The lowest BCUT2D eigenvalue weighted by Crippen LogP contribution is -2.48. The lowest BCUT2D eigenvalue weighted by molar-refractivity contribution is -0.136. The largest absolute Gasteiger partial charge is 0.493 e. The van der Waals surface area contributed by atoms with Gasteiger partial charge in [0.2, 0.25) is 0 Å². The number of hydrogen-bond donors (Lipinski definition) is 3. The lowest BCUT2D eigenvalue weighted by atomic mass is 9.94. The number of carbonyl (C=O) groups excluding carboxylic acids is 2. The van der Waals surface area contributed by atoms with Crippen molar-refractivity contribution < 1.29 is 23.8 Å². The maximum absolute atomic E-state index is 12.6. The summed E-state index contributed by atoms with van der Waals surface area (Å²) < 4.78 is 15.7. The van der Waals surface area contributed by atoms with Crippen molar-refractivity contribution >= 4 is 12.0 Å². The topological polar surface area (TPSA) is 97.9 Å². The quantitative estimate of drug-likeness (QED) is 0.421. The van der Waals surface area contributed by atoms with E-state index in [1.807, 2.05) is 18.2 Å². The molecule has 0 saturated carbocycles. The molecule has 8 nitrogen and oxygen atoms in total. The molecule has 1 atom stereocenters. The molecule has 3 N–H and O–H groups in total. The van der Waals surface area contributed by atoms with Crippen molar-refractivity contribution in [2.24, 2.45) is 0 Å². The van der Waals surface area contributed by atoms with E-state index in [2.05, 4.69) is 28.1 Å². The number of hydrogen-bond acceptors (Lipinski definition) is 6. The average Bonchev–Trinajstić information content (AvgIpc) is 2.81. The van der Waals surface area contributed by atoms with Crippen LogP contribution in [0.1, 0.15) is 17.2 Å². The van der Waals surface area contributed by atoms with E-state index in [-0.39, 0.29) is 0 Å². The molecular weight excluding hydrogens is 398 g/mol. The molecule has 0 radical (unpaired) electrons. The summed E-state index contributed by atoms with van der Waals surface area (Å²) in [6.07, 6.45) is 0.826. The molecule has 0 aliphatic carbocycles. The number of ether oxygens (including phenoxy) is 3. The van der Waals surface area contributed by atoms with E-state index in [4.69, 9.17) is 14.2 Å². The van der Waals surface area contributed by atoms with Crippen molar-refractivity contribution in [1.29, 1.82) is 0 Å². The van der Waals surface area contributed by atoms with Crippen LogP contribution in [0.3, 0.4) is 0 Å². The van der Waals surface area contributed by atoms with Crippen LogP contribution < -0.4 is 25.4 Å². The van der Waals surface area contributed by atoms with E-state index in [9.17, 15) is 9.59 Å². The van der Waals surface area contributed by atoms with Crippen molar-refractivity contribution in [3.05, 3.63) is 70.9 Å². The first kappa shape index (κ1) is 22.2. The lowest BCUT2D eigenvalue weighted by Gasteiger charge is -2.29. The average molecular weight is 425 g/mol. The summed E-state index contributed by atoms with van der Waals surface area (Å²) in [7, 11) is 4.39. The predicted molar refractivity (Wildman–Crippen MR) is 116 cm³/mol. The first-order valence-corrected chi connectivity index (χ1v) is 9.92. The monoisotopic (exact) mass is 425 g/mol. The smallest absolute Gasteiger partial charge is 0.338 e. The molecule has 3 rings (SSSR count). The van der Waals surface area contributed by atoms with E-state index in [0.717, 1.165) is 6.42 Å². The summed E-state index contributed by atoms with van der Waals surface area (Å²) in [5, 5.41) is 8.83. The van der Waals surface area contributed by atoms with E-state index < -0.39 is 18.0 Å². The molecule has 1 heterocycles. The zero-order valence-corrected chi connectivity index (χ0v) is 17.9. The Bertz CT molecular complexity index is 959. The molecule has 164 valence electrons. The molecule has 1 aliphatic rings. The van der Waals surface area contributed by atoms with Crippen LogP contribution in [0.4, 0.5) is 4.79 Å². The van der Waals surface area contributed by atoms with Gasteiger partial charge >= 0.3 is 12.0 Å². The highest BCUT2D eigenvalue weighted by atomic mass is 16.5. The van der Waals surface area contributed by atoms with Crippen LogP contribution in [0.5, 0.6) is 11.5 Å². The zero-order chi connectivity index (χ0) is 22.2. The fourth-order valence-electron chi connectivity index (χ4n) is 3.48. The number of nitrogens with one attached hydrogen (secondary N) is 3. The van der Waals surface area contributed by atoms with Gasteiger partial charge in [0.05, 0.1) is 32.9 Å². The van der Waals surface area contributed by atoms with Gasteiger partial charge in [0.15, 0.2) is 11.5 Å². The van der Waals surface area contributed by atoms with E-state index in [0.29, 0.717) is 41.4 Å². The van der Waals surface area contributed by atoms with Crippen molar-refractivity contribution in [3.8, 4) is 11.5 Å². The van der Waals surface area contributed by atoms with Gasteiger partial charge in [0.25, 0.3) is 0 Å². The molecule has 0 spiro atoms. The van der Waals surface area contributed by atoms with Crippen LogP contribution in [-0.4, -0.2) is 46.4 Å². The van der Waals surface area contributed by atoms with Crippen molar-refractivity contribution in [2.75, 3.05) is 34.4 Å². The summed E-state index contributed by atoms with van der Waals surface area (Å²) >= 11 is 0. The fraction of sp³-hybridized carbons (Fsp3) is 0.304. The van der Waals surface area contributed by atoms with Gasteiger partial charge < -0.3 is 30.2 Å². The van der Waals surface area contributed by atoms with Crippen LogP contribution in [0.25, 0.3) is 0 Å². The third-order valence-electron chi connectivity index (χ3n) is 5.03.